The van der Waals surface area contributed by atoms with Gasteiger partial charge < -0.3 is 5.32 Å². The van der Waals surface area contributed by atoms with Gasteiger partial charge in [-0.3, -0.25) is 10.1 Å². The maximum Gasteiger partial charge on any atom is 0.293 e. The van der Waals surface area contributed by atoms with Crippen molar-refractivity contribution >= 4 is 60.5 Å². The van der Waals surface area contributed by atoms with E-state index in [-0.39, 0.29) is 16.4 Å². The molecule has 8 heteroatoms. The number of nitro groups is 1. The number of halogens is 4. The highest BCUT2D eigenvalue weighted by molar-refractivity contribution is 9.10. The quantitative estimate of drug-likeness (QED) is 0.511. The van der Waals surface area contributed by atoms with Gasteiger partial charge in [-0.1, -0.05) is 27.5 Å². The van der Waals surface area contributed by atoms with Gasteiger partial charge in [0.2, 0.25) is 0 Å². The second-order valence-corrected chi connectivity index (χ2v) is 5.97. The maximum absolute atomic E-state index is 13.2. The van der Waals surface area contributed by atoms with Gasteiger partial charge in [0.15, 0.2) is 0 Å². The van der Waals surface area contributed by atoms with Crippen LogP contribution in [0.4, 0.5) is 21.5 Å². The molecule has 0 aliphatic heterocycles. The summed E-state index contributed by atoms with van der Waals surface area (Å²) in [5.74, 6) is -0.502. The highest BCUT2D eigenvalue weighted by Gasteiger charge is 2.17. The first-order chi connectivity index (χ1) is 9.38. The number of hydrogen-bond donors (Lipinski definition) is 1. The van der Waals surface area contributed by atoms with Crippen LogP contribution >= 0.6 is 43.5 Å². The minimum Gasteiger partial charge on any atom is -0.348 e. The smallest absolute Gasteiger partial charge is 0.293 e. The van der Waals surface area contributed by atoms with Gasteiger partial charge in [-0.05, 0) is 40.2 Å². The van der Waals surface area contributed by atoms with Gasteiger partial charge >= 0.3 is 0 Å². The minimum atomic E-state index is -0.515. The second kappa shape index (κ2) is 6.07. The van der Waals surface area contributed by atoms with E-state index < -0.39 is 10.7 Å². The van der Waals surface area contributed by atoms with Gasteiger partial charge in [0, 0.05) is 15.0 Å². The molecule has 0 saturated heterocycles. The van der Waals surface area contributed by atoms with E-state index in [1.54, 1.807) is 6.07 Å². The van der Waals surface area contributed by atoms with E-state index in [4.69, 9.17) is 11.6 Å². The van der Waals surface area contributed by atoms with Gasteiger partial charge in [0.25, 0.3) is 5.69 Å². The van der Waals surface area contributed by atoms with E-state index in [1.807, 2.05) is 0 Å². The fraction of sp³-hybridized carbons (Fsp3) is 0. The van der Waals surface area contributed by atoms with Gasteiger partial charge in [0.05, 0.1) is 15.6 Å². The largest absolute Gasteiger partial charge is 0.348 e. The van der Waals surface area contributed by atoms with Gasteiger partial charge in [0.1, 0.15) is 11.5 Å². The third kappa shape index (κ3) is 3.28. The standard InChI is InChI=1S/C12H6Br2ClFN2O2/c13-6-1-2-10(11(3-6)18(19)20)17-12-8(14)4-7(16)5-9(12)15/h1-5,17H. The Labute approximate surface area is 135 Å². The fourth-order valence-electron chi connectivity index (χ4n) is 1.56. The Morgan fingerprint density at radius 1 is 1.25 bits per heavy atom. The predicted octanol–water partition coefficient (Wildman–Crippen LogP) is 5.66. The lowest BCUT2D eigenvalue weighted by Crippen LogP contribution is -1.98. The van der Waals surface area contributed by atoms with E-state index in [0.29, 0.717) is 14.6 Å². The van der Waals surface area contributed by atoms with Crippen LogP contribution in [0.3, 0.4) is 0 Å². The molecule has 104 valence electrons. The van der Waals surface area contributed by atoms with E-state index in [9.17, 15) is 14.5 Å². The van der Waals surface area contributed by atoms with E-state index in [2.05, 4.69) is 37.2 Å². The number of anilines is 2. The van der Waals surface area contributed by atoms with E-state index >= 15 is 0 Å². The summed E-state index contributed by atoms with van der Waals surface area (Å²) in [5.41, 5.74) is 0.498. The summed E-state index contributed by atoms with van der Waals surface area (Å²) >= 11 is 12.3. The molecule has 0 aromatic heterocycles. The summed E-state index contributed by atoms with van der Waals surface area (Å²) in [4.78, 5) is 10.5. The Morgan fingerprint density at radius 2 is 1.95 bits per heavy atom. The number of hydrogen-bond acceptors (Lipinski definition) is 3. The van der Waals surface area contributed by atoms with Crippen LogP contribution in [0, 0.1) is 15.9 Å². The van der Waals surface area contributed by atoms with Crippen molar-refractivity contribution in [1.29, 1.82) is 0 Å². The SMILES string of the molecule is O=[N+]([O-])c1cc(Br)ccc1Nc1c(Cl)cc(F)cc1Br. The molecule has 0 aliphatic carbocycles. The molecule has 0 atom stereocenters. The molecule has 0 radical (unpaired) electrons. The molecule has 4 nitrogen and oxygen atoms in total. The van der Waals surface area contributed by atoms with Crippen molar-refractivity contribution < 1.29 is 9.31 Å². The van der Waals surface area contributed by atoms with Crippen LogP contribution in [-0.2, 0) is 0 Å². The van der Waals surface area contributed by atoms with Gasteiger partial charge in [-0.2, -0.15) is 0 Å². The number of nitro benzene ring substituents is 1. The maximum atomic E-state index is 13.2. The fourth-order valence-corrected chi connectivity index (χ4v) is 2.81. The molecule has 0 heterocycles. The second-order valence-electron chi connectivity index (χ2n) is 3.79. The van der Waals surface area contributed by atoms with Crippen LogP contribution in [0.1, 0.15) is 0 Å². The van der Waals surface area contributed by atoms with E-state index in [1.165, 1.54) is 18.2 Å². The van der Waals surface area contributed by atoms with Crippen molar-refractivity contribution in [2.45, 2.75) is 0 Å². The lowest BCUT2D eigenvalue weighted by molar-refractivity contribution is -0.384. The van der Waals surface area contributed by atoms with Crippen LogP contribution in [0.15, 0.2) is 39.3 Å². The lowest BCUT2D eigenvalue weighted by atomic mass is 10.2. The van der Waals surface area contributed by atoms with Crippen molar-refractivity contribution in [3.63, 3.8) is 0 Å². The average Bonchev–Trinajstić information content (AvgIpc) is 2.34. The first kappa shape index (κ1) is 15.2. The van der Waals surface area contributed by atoms with Crippen molar-refractivity contribution in [3.8, 4) is 0 Å². The average molecular weight is 424 g/mol. The minimum absolute atomic E-state index is 0.119. The summed E-state index contributed by atoms with van der Waals surface area (Å²) in [6.07, 6.45) is 0. The summed E-state index contributed by atoms with van der Waals surface area (Å²) in [6.45, 7) is 0. The first-order valence-corrected chi connectivity index (χ1v) is 7.20. The summed E-state index contributed by atoms with van der Waals surface area (Å²) in [5, 5.41) is 14.0. The highest BCUT2D eigenvalue weighted by atomic mass is 79.9. The molecule has 0 saturated carbocycles. The Hall–Kier alpha value is -1.18. The summed E-state index contributed by atoms with van der Waals surface area (Å²) in [6, 6.07) is 6.90. The van der Waals surface area contributed by atoms with Gasteiger partial charge in [-0.15, -0.1) is 0 Å². The summed E-state index contributed by atoms with van der Waals surface area (Å²) < 4.78 is 14.1. The Morgan fingerprint density at radius 3 is 2.55 bits per heavy atom. The predicted molar refractivity (Wildman–Crippen MR) is 83.2 cm³/mol. The number of benzene rings is 2. The lowest BCUT2D eigenvalue weighted by Gasteiger charge is -2.11. The molecule has 2 rings (SSSR count). The van der Waals surface area contributed by atoms with Gasteiger partial charge in [-0.25, -0.2) is 4.39 Å². The normalized spacial score (nSPS) is 10.4. The van der Waals surface area contributed by atoms with Crippen molar-refractivity contribution in [3.05, 3.63) is 60.2 Å². The van der Waals surface area contributed by atoms with E-state index in [0.717, 1.165) is 6.07 Å². The van der Waals surface area contributed by atoms with Crippen LogP contribution < -0.4 is 5.32 Å². The zero-order chi connectivity index (χ0) is 14.9. The molecule has 20 heavy (non-hydrogen) atoms. The monoisotopic (exact) mass is 422 g/mol. The highest BCUT2D eigenvalue weighted by Crippen LogP contribution is 2.37. The number of nitrogens with one attached hydrogen (secondary N) is 1. The Bertz CT molecular complexity index is 674. The Balaban J connectivity index is 2.48. The molecular weight excluding hydrogens is 418 g/mol. The zero-order valence-corrected chi connectivity index (χ0v) is 13.6. The third-order valence-corrected chi connectivity index (χ3v) is 3.84. The Kier molecular flexibility index (Phi) is 4.62. The van der Waals surface area contributed by atoms with Crippen molar-refractivity contribution in [1.82, 2.24) is 0 Å². The molecule has 0 aliphatic rings. The van der Waals surface area contributed by atoms with Crippen LogP contribution in [0.5, 0.6) is 0 Å². The molecular formula is C12H6Br2ClFN2O2. The number of nitrogens with zero attached hydrogens (tertiary/aromatic N) is 1. The molecule has 0 bridgehead atoms. The van der Waals surface area contributed by atoms with Crippen LogP contribution in [-0.4, -0.2) is 4.92 Å². The van der Waals surface area contributed by atoms with Crippen LogP contribution in [0.25, 0.3) is 0 Å². The molecule has 0 fully saturated rings. The first-order valence-electron chi connectivity index (χ1n) is 5.24. The van der Waals surface area contributed by atoms with Crippen molar-refractivity contribution in [2.24, 2.45) is 0 Å². The van der Waals surface area contributed by atoms with Crippen molar-refractivity contribution in [2.75, 3.05) is 5.32 Å². The molecule has 2 aromatic carbocycles. The molecule has 0 spiro atoms. The molecule has 2 aromatic rings. The third-order valence-electron chi connectivity index (χ3n) is 2.42. The summed E-state index contributed by atoms with van der Waals surface area (Å²) in [7, 11) is 0. The molecule has 1 N–H and O–H groups in total. The number of rotatable bonds is 3. The zero-order valence-electron chi connectivity index (χ0n) is 9.66. The topological polar surface area (TPSA) is 55.2 Å². The van der Waals surface area contributed by atoms with Crippen LogP contribution in [0.2, 0.25) is 5.02 Å². The molecule has 0 amide bonds. The molecule has 0 unspecified atom stereocenters.